The zero-order chi connectivity index (χ0) is 13.6. The Morgan fingerprint density at radius 3 is 2.63 bits per heavy atom. The summed E-state index contributed by atoms with van der Waals surface area (Å²) in [5.41, 5.74) is 1.86. The van der Waals surface area contributed by atoms with E-state index in [1.807, 2.05) is 31.2 Å². The van der Waals surface area contributed by atoms with E-state index in [0.717, 1.165) is 33.7 Å². The van der Waals surface area contributed by atoms with E-state index in [1.54, 1.807) is 0 Å². The van der Waals surface area contributed by atoms with Crippen molar-refractivity contribution >= 4 is 40.3 Å². The summed E-state index contributed by atoms with van der Waals surface area (Å²) in [5, 5.41) is 1.37. The van der Waals surface area contributed by atoms with Gasteiger partial charge in [-0.15, -0.1) is 11.3 Å². The average molecular weight is 311 g/mol. The number of carbonyl (C=O) groups excluding carboxylic acids is 1. The molecule has 1 aromatic carbocycles. The van der Waals surface area contributed by atoms with Crippen molar-refractivity contribution in [3.8, 4) is 10.4 Å². The molecule has 0 saturated heterocycles. The molecular formula is C15H12Cl2OS. The molecule has 1 aliphatic carbocycles. The van der Waals surface area contributed by atoms with Crippen molar-refractivity contribution in [3.63, 3.8) is 0 Å². The third-order valence-corrected chi connectivity index (χ3v) is 5.16. The molecule has 1 nitrogen and oxygen atoms in total. The first-order valence-corrected chi connectivity index (χ1v) is 7.73. The Balaban J connectivity index is 1.98. The van der Waals surface area contributed by atoms with Gasteiger partial charge in [0.2, 0.25) is 0 Å². The third-order valence-electron chi connectivity index (χ3n) is 3.31. The first-order chi connectivity index (χ1) is 9.06. The fourth-order valence-corrected chi connectivity index (χ4v) is 3.59. The summed E-state index contributed by atoms with van der Waals surface area (Å²) in [6, 6.07) is 7.58. The highest BCUT2D eigenvalue weighted by molar-refractivity contribution is 7.17. The van der Waals surface area contributed by atoms with Crippen molar-refractivity contribution in [3.05, 3.63) is 44.8 Å². The van der Waals surface area contributed by atoms with Crippen LogP contribution in [0.4, 0.5) is 0 Å². The van der Waals surface area contributed by atoms with Crippen molar-refractivity contribution in [2.45, 2.75) is 19.8 Å². The van der Waals surface area contributed by atoms with E-state index in [1.165, 1.54) is 11.3 Å². The molecule has 0 N–H and O–H groups in total. The van der Waals surface area contributed by atoms with Crippen molar-refractivity contribution in [2.75, 3.05) is 0 Å². The number of benzene rings is 1. The lowest BCUT2D eigenvalue weighted by Gasteiger charge is -2.05. The third kappa shape index (κ3) is 2.58. The van der Waals surface area contributed by atoms with Gasteiger partial charge in [-0.25, -0.2) is 0 Å². The number of hydrogen-bond acceptors (Lipinski definition) is 2. The van der Waals surface area contributed by atoms with Crippen LogP contribution in [0.15, 0.2) is 24.3 Å². The molecule has 2 aromatic rings. The molecule has 4 heteroatoms. The van der Waals surface area contributed by atoms with Gasteiger partial charge < -0.3 is 0 Å². The summed E-state index contributed by atoms with van der Waals surface area (Å²) in [7, 11) is 0. The Hall–Kier alpha value is -0.830. The Labute approximate surface area is 126 Å². The highest BCUT2D eigenvalue weighted by Crippen LogP contribution is 2.39. The second-order valence-electron chi connectivity index (χ2n) is 4.88. The topological polar surface area (TPSA) is 17.1 Å². The van der Waals surface area contributed by atoms with E-state index in [-0.39, 0.29) is 11.7 Å². The zero-order valence-corrected chi connectivity index (χ0v) is 12.7. The van der Waals surface area contributed by atoms with E-state index in [4.69, 9.17) is 23.2 Å². The second-order valence-corrected chi connectivity index (χ2v) is 6.78. The van der Waals surface area contributed by atoms with Gasteiger partial charge >= 0.3 is 0 Å². The molecule has 1 aromatic heterocycles. The first kappa shape index (κ1) is 13.2. The molecular weight excluding hydrogens is 299 g/mol. The number of ketones is 1. The fourth-order valence-electron chi connectivity index (χ4n) is 2.00. The van der Waals surface area contributed by atoms with E-state index in [9.17, 15) is 4.79 Å². The number of rotatable bonds is 3. The molecule has 0 radical (unpaired) electrons. The van der Waals surface area contributed by atoms with Crippen molar-refractivity contribution in [2.24, 2.45) is 5.92 Å². The Morgan fingerprint density at radius 1 is 1.21 bits per heavy atom. The van der Waals surface area contributed by atoms with Crippen LogP contribution in [0.2, 0.25) is 10.0 Å². The minimum Gasteiger partial charge on any atom is -0.293 e. The normalized spacial score (nSPS) is 14.7. The predicted octanol–water partition coefficient (Wildman–Crippen LogP) is 5.62. The van der Waals surface area contributed by atoms with Crippen LogP contribution < -0.4 is 0 Å². The highest BCUT2D eigenvalue weighted by atomic mass is 35.5. The number of hydrogen-bond donors (Lipinski definition) is 0. The summed E-state index contributed by atoms with van der Waals surface area (Å²) in [4.78, 5) is 13.8. The number of thiophene rings is 1. The van der Waals surface area contributed by atoms with Gasteiger partial charge in [0, 0.05) is 26.4 Å². The largest absolute Gasteiger partial charge is 0.293 e. The molecule has 0 aliphatic heterocycles. The molecule has 1 saturated carbocycles. The van der Waals surface area contributed by atoms with Crippen LogP contribution in [-0.2, 0) is 0 Å². The summed E-state index contributed by atoms with van der Waals surface area (Å²) < 4.78 is 0. The summed E-state index contributed by atoms with van der Waals surface area (Å²) >= 11 is 13.9. The maximum atomic E-state index is 12.0. The summed E-state index contributed by atoms with van der Waals surface area (Å²) in [6.45, 7) is 1.93. The van der Waals surface area contributed by atoms with Crippen molar-refractivity contribution in [1.82, 2.24) is 0 Å². The Bertz CT molecular complexity index is 656. The molecule has 0 amide bonds. The summed E-state index contributed by atoms with van der Waals surface area (Å²) in [5.74, 6) is 0.522. The van der Waals surface area contributed by atoms with E-state index < -0.39 is 0 Å². The maximum absolute atomic E-state index is 12.0. The molecule has 1 fully saturated rings. The Morgan fingerprint density at radius 2 is 1.95 bits per heavy atom. The molecule has 1 aliphatic rings. The second kappa shape index (κ2) is 4.93. The zero-order valence-electron chi connectivity index (χ0n) is 10.4. The molecule has 3 rings (SSSR count). The molecule has 19 heavy (non-hydrogen) atoms. The lowest BCUT2D eigenvalue weighted by atomic mass is 10.1. The van der Waals surface area contributed by atoms with Crippen LogP contribution >= 0.6 is 34.5 Å². The van der Waals surface area contributed by atoms with Crippen LogP contribution in [0.1, 0.15) is 28.1 Å². The van der Waals surface area contributed by atoms with Gasteiger partial charge in [-0.2, -0.15) is 0 Å². The van der Waals surface area contributed by atoms with Crippen LogP contribution in [0.5, 0.6) is 0 Å². The molecule has 1 heterocycles. The van der Waals surface area contributed by atoms with Gasteiger partial charge in [0.1, 0.15) is 0 Å². The highest BCUT2D eigenvalue weighted by Gasteiger charge is 2.31. The molecule has 0 atom stereocenters. The van der Waals surface area contributed by atoms with E-state index in [2.05, 4.69) is 0 Å². The average Bonchev–Trinajstić information content (AvgIpc) is 3.11. The summed E-state index contributed by atoms with van der Waals surface area (Å²) in [6.07, 6.45) is 2.06. The quantitative estimate of drug-likeness (QED) is 0.672. The molecule has 0 spiro atoms. The van der Waals surface area contributed by atoms with Gasteiger partial charge in [-0.05, 0) is 49.6 Å². The van der Waals surface area contributed by atoms with Gasteiger partial charge in [0.05, 0.1) is 4.88 Å². The lowest BCUT2D eigenvalue weighted by Crippen LogP contribution is -1.96. The molecule has 0 bridgehead atoms. The predicted molar refractivity (Wildman–Crippen MR) is 81.6 cm³/mol. The number of carbonyl (C=O) groups is 1. The lowest BCUT2D eigenvalue weighted by molar-refractivity contribution is 0.0971. The van der Waals surface area contributed by atoms with Gasteiger partial charge in [-0.1, -0.05) is 23.2 Å². The van der Waals surface area contributed by atoms with Gasteiger partial charge in [-0.3, -0.25) is 4.79 Å². The van der Waals surface area contributed by atoms with Crippen LogP contribution in [0.3, 0.4) is 0 Å². The van der Waals surface area contributed by atoms with E-state index in [0.29, 0.717) is 10.0 Å². The maximum Gasteiger partial charge on any atom is 0.175 e. The molecule has 98 valence electrons. The van der Waals surface area contributed by atoms with Crippen LogP contribution in [-0.4, -0.2) is 5.78 Å². The SMILES string of the molecule is Cc1cc(Cl)c(-c2ccc(C(=O)C3CC3)s2)cc1Cl. The van der Waals surface area contributed by atoms with Gasteiger partial charge in [0.25, 0.3) is 0 Å². The standard InChI is InChI=1S/C15H12Cl2OS/c1-8-6-12(17)10(7-11(8)16)13-4-5-14(19-13)15(18)9-2-3-9/h4-7,9H,2-3H2,1H3. The number of Topliss-reactive ketones (excluding diaryl/α,β-unsaturated/α-hetero) is 1. The monoisotopic (exact) mass is 310 g/mol. The van der Waals surface area contributed by atoms with Gasteiger partial charge in [0.15, 0.2) is 5.78 Å². The van der Waals surface area contributed by atoms with Crippen molar-refractivity contribution in [1.29, 1.82) is 0 Å². The number of halogens is 2. The minimum atomic E-state index is 0.253. The number of aryl methyl sites for hydroxylation is 1. The molecule has 0 unspecified atom stereocenters. The van der Waals surface area contributed by atoms with Crippen LogP contribution in [0.25, 0.3) is 10.4 Å². The smallest absolute Gasteiger partial charge is 0.175 e. The minimum absolute atomic E-state index is 0.253. The first-order valence-electron chi connectivity index (χ1n) is 6.16. The Kier molecular flexibility index (Phi) is 3.42. The van der Waals surface area contributed by atoms with E-state index >= 15 is 0 Å². The van der Waals surface area contributed by atoms with Crippen molar-refractivity contribution < 1.29 is 4.79 Å². The van der Waals surface area contributed by atoms with Crippen LogP contribution in [0, 0.1) is 12.8 Å². The fraction of sp³-hybridized carbons (Fsp3) is 0.267.